The first-order chi connectivity index (χ1) is 9.69. The molecule has 1 unspecified atom stereocenters. The van der Waals surface area contributed by atoms with Gasteiger partial charge in [-0.15, -0.1) is 0 Å². The van der Waals surface area contributed by atoms with Crippen LogP contribution in [-0.2, 0) is 0 Å². The molecule has 0 radical (unpaired) electrons. The van der Waals surface area contributed by atoms with Crippen molar-refractivity contribution >= 4 is 37.8 Å². The number of alkyl halides is 3. The Morgan fingerprint density at radius 2 is 2.00 bits per heavy atom. The van der Waals surface area contributed by atoms with Crippen LogP contribution in [0, 0.1) is 5.92 Å². The lowest BCUT2D eigenvalue weighted by molar-refractivity contribution is -0.144. The molecule has 1 atom stereocenters. The predicted octanol–water partition coefficient (Wildman–Crippen LogP) is 5.01. The van der Waals surface area contributed by atoms with Gasteiger partial charge in [0.05, 0.1) is 5.56 Å². The highest BCUT2D eigenvalue weighted by molar-refractivity contribution is 9.11. The van der Waals surface area contributed by atoms with Crippen LogP contribution < -0.4 is 0 Å². The molecular formula is C14H14Br2F3NO. The van der Waals surface area contributed by atoms with Crippen LogP contribution in [0.4, 0.5) is 13.2 Å². The molecule has 1 amide bonds. The molecule has 2 rings (SSSR count). The molecule has 0 heterocycles. The predicted molar refractivity (Wildman–Crippen MR) is 81.1 cm³/mol. The molecule has 0 saturated heterocycles. The molecule has 0 bridgehead atoms. The average Bonchev–Trinajstić information content (AvgIpc) is 3.17. The van der Waals surface area contributed by atoms with Crippen LogP contribution in [0.3, 0.4) is 0 Å². The van der Waals surface area contributed by atoms with Gasteiger partial charge in [0.25, 0.3) is 5.91 Å². The van der Waals surface area contributed by atoms with Crippen molar-refractivity contribution in [1.29, 1.82) is 0 Å². The fraction of sp³-hybridized carbons (Fsp3) is 0.500. The number of benzene rings is 1. The molecule has 2 nitrogen and oxygen atoms in total. The maximum Gasteiger partial charge on any atom is 0.406 e. The Labute approximate surface area is 137 Å². The molecule has 1 aliphatic rings. The summed E-state index contributed by atoms with van der Waals surface area (Å²) < 4.78 is 39.6. The van der Waals surface area contributed by atoms with Crippen molar-refractivity contribution in [2.24, 2.45) is 5.92 Å². The van der Waals surface area contributed by atoms with Crippen LogP contribution in [0.25, 0.3) is 0 Å². The number of amides is 1. The van der Waals surface area contributed by atoms with E-state index in [-0.39, 0.29) is 11.5 Å². The first kappa shape index (κ1) is 16.8. The van der Waals surface area contributed by atoms with E-state index in [4.69, 9.17) is 0 Å². The molecule has 1 fully saturated rings. The van der Waals surface area contributed by atoms with Crippen molar-refractivity contribution in [1.82, 2.24) is 4.90 Å². The molecule has 1 aromatic rings. The zero-order chi connectivity index (χ0) is 15.8. The van der Waals surface area contributed by atoms with Crippen LogP contribution in [0.1, 0.15) is 30.1 Å². The monoisotopic (exact) mass is 427 g/mol. The quantitative estimate of drug-likeness (QED) is 0.659. The Hall–Kier alpha value is -0.560. The minimum absolute atomic E-state index is 0.172. The number of nitrogens with zero attached hydrogens (tertiary/aromatic N) is 1. The van der Waals surface area contributed by atoms with Gasteiger partial charge in [0.1, 0.15) is 6.54 Å². The Morgan fingerprint density at radius 1 is 1.38 bits per heavy atom. The molecule has 21 heavy (non-hydrogen) atoms. The Morgan fingerprint density at radius 3 is 2.48 bits per heavy atom. The van der Waals surface area contributed by atoms with Gasteiger partial charge in [0.2, 0.25) is 0 Å². The largest absolute Gasteiger partial charge is 0.406 e. The lowest BCUT2D eigenvalue weighted by atomic mass is 10.1. The zero-order valence-corrected chi connectivity index (χ0v) is 14.4. The standard InChI is InChI=1S/C14H14Br2F3NO/c1-8(9-2-3-9)20(7-14(17,18)19)13(21)11-5-4-10(15)6-12(11)16/h4-6,8-9H,2-3,7H2,1H3. The number of carbonyl (C=O) groups excluding carboxylic acids is 1. The zero-order valence-electron chi connectivity index (χ0n) is 11.3. The third-order valence-electron chi connectivity index (χ3n) is 3.57. The molecule has 0 aromatic heterocycles. The fourth-order valence-electron chi connectivity index (χ4n) is 2.24. The number of carbonyl (C=O) groups is 1. The molecular weight excluding hydrogens is 415 g/mol. The Kier molecular flexibility index (Phi) is 5.03. The highest BCUT2D eigenvalue weighted by atomic mass is 79.9. The minimum Gasteiger partial charge on any atom is -0.327 e. The summed E-state index contributed by atoms with van der Waals surface area (Å²) in [6.45, 7) is 0.472. The molecule has 1 saturated carbocycles. The van der Waals surface area contributed by atoms with Gasteiger partial charge in [-0.3, -0.25) is 4.79 Å². The van der Waals surface area contributed by atoms with Crippen molar-refractivity contribution in [3.8, 4) is 0 Å². The van der Waals surface area contributed by atoms with Gasteiger partial charge in [-0.1, -0.05) is 15.9 Å². The Bertz CT molecular complexity index is 544. The SMILES string of the molecule is CC(C1CC1)N(CC(F)(F)F)C(=O)c1ccc(Br)cc1Br. The van der Waals surface area contributed by atoms with Gasteiger partial charge in [-0.2, -0.15) is 13.2 Å². The molecule has 0 N–H and O–H groups in total. The second kappa shape index (κ2) is 6.28. The van der Waals surface area contributed by atoms with Crippen LogP contribution in [0.2, 0.25) is 0 Å². The van der Waals surface area contributed by atoms with Gasteiger partial charge >= 0.3 is 6.18 Å². The average molecular weight is 429 g/mol. The summed E-state index contributed by atoms with van der Waals surface area (Å²) in [6.07, 6.45) is -2.64. The molecule has 1 aromatic carbocycles. The van der Waals surface area contributed by atoms with Gasteiger partial charge < -0.3 is 4.90 Å². The second-order valence-electron chi connectivity index (χ2n) is 5.25. The lowest BCUT2D eigenvalue weighted by Crippen LogP contribution is -2.45. The summed E-state index contributed by atoms with van der Waals surface area (Å²) in [7, 11) is 0. The van der Waals surface area contributed by atoms with Gasteiger partial charge in [-0.25, -0.2) is 0 Å². The van der Waals surface area contributed by atoms with Crippen LogP contribution in [-0.4, -0.2) is 29.6 Å². The van der Waals surface area contributed by atoms with Gasteiger partial charge in [-0.05, 0) is 59.8 Å². The molecule has 1 aliphatic carbocycles. The second-order valence-corrected chi connectivity index (χ2v) is 7.02. The molecule has 116 valence electrons. The number of hydrogen-bond donors (Lipinski definition) is 0. The smallest absolute Gasteiger partial charge is 0.327 e. The third kappa shape index (κ3) is 4.45. The Balaban J connectivity index is 2.28. The summed E-state index contributed by atoms with van der Waals surface area (Å²) in [5, 5.41) is 0. The topological polar surface area (TPSA) is 20.3 Å². The summed E-state index contributed by atoms with van der Waals surface area (Å²) in [5.41, 5.74) is 0.245. The van der Waals surface area contributed by atoms with Crippen molar-refractivity contribution in [2.45, 2.75) is 32.0 Å². The van der Waals surface area contributed by atoms with Crippen molar-refractivity contribution < 1.29 is 18.0 Å². The number of rotatable bonds is 4. The van der Waals surface area contributed by atoms with E-state index in [0.29, 0.717) is 4.47 Å². The molecule has 0 spiro atoms. The summed E-state index contributed by atoms with van der Waals surface area (Å²) in [4.78, 5) is 13.4. The van der Waals surface area contributed by atoms with E-state index < -0.39 is 24.7 Å². The lowest BCUT2D eigenvalue weighted by Gasteiger charge is -2.30. The third-order valence-corrected chi connectivity index (χ3v) is 4.72. The fourth-order valence-corrected chi connectivity index (χ4v) is 3.46. The van der Waals surface area contributed by atoms with Crippen molar-refractivity contribution in [3.63, 3.8) is 0 Å². The first-order valence-corrected chi connectivity index (χ1v) is 8.10. The van der Waals surface area contributed by atoms with E-state index in [0.717, 1.165) is 22.2 Å². The van der Waals surface area contributed by atoms with E-state index in [1.807, 2.05) is 0 Å². The van der Waals surface area contributed by atoms with Crippen molar-refractivity contribution in [2.75, 3.05) is 6.54 Å². The minimum atomic E-state index is -4.40. The van der Waals surface area contributed by atoms with E-state index in [9.17, 15) is 18.0 Å². The molecule has 0 aliphatic heterocycles. The van der Waals surface area contributed by atoms with Crippen molar-refractivity contribution in [3.05, 3.63) is 32.7 Å². The maximum atomic E-state index is 12.8. The van der Waals surface area contributed by atoms with Crippen LogP contribution >= 0.6 is 31.9 Å². The highest BCUT2D eigenvalue weighted by Crippen LogP contribution is 2.37. The van der Waals surface area contributed by atoms with Crippen LogP contribution in [0.15, 0.2) is 27.1 Å². The normalized spacial score (nSPS) is 16.7. The number of hydrogen-bond acceptors (Lipinski definition) is 1. The highest BCUT2D eigenvalue weighted by Gasteiger charge is 2.41. The number of halogens is 5. The van der Waals surface area contributed by atoms with E-state index in [1.165, 1.54) is 6.07 Å². The summed E-state index contributed by atoms with van der Waals surface area (Å²) in [6, 6.07) is 4.42. The van der Waals surface area contributed by atoms with E-state index in [1.54, 1.807) is 19.1 Å². The van der Waals surface area contributed by atoms with Crippen LogP contribution in [0.5, 0.6) is 0 Å². The summed E-state index contributed by atoms with van der Waals surface area (Å²) in [5.74, 6) is -0.420. The maximum absolute atomic E-state index is 12.8. The van der Waals surface area contributed by atoms with E-state index in [2.05, 4.69) is 31.9 Å². The van der Waals surface area contributed by atoms with Gasteiger partial charge in [0.15, 0.2) is 0 Å². The molecule has 7 heteroatoms. The van der Waals surface area contributed by atoms with Gasteiger partial charge in [0, 0.05) is 15.0 Å². The first-order valence-electron chi connectivity index (χ1n) is 6.52. The van der Waals surface area contributed by atoms with E-state index >= 15 is 0 Å². The summed E-state index contributed by atoms with van der Waals surface area (Å²) >= 11 is 6.50.